The highest BCUT2D eigenvalue weighted by atomic mass is 16.3. The van der Waals surface area contributed by atoms with Gasteiger partial charge in [0.2, 0.25) is 0 Å². The average molecular weight is 258 g/mol. The highest BCUT2D eigenvalue weighted by molar-refractivity contribution is 5.99. The van der Waals surface area contributed by atoms with Crippen LogP contribution in [0.1, 0.15) is 34.5 Å². The Hall–Kier alpha value is -1.81. The van der Waals surface area contributed by atoms with Crippen LogP contribution >= 0.6 is 0 Å². The van der Waals surface area contributed by atoms with Gasteiger partial charge in [-0.15, -0.1) is 0 Å². The second-order valence-electron chi connectivity index (χ2n) is 5.43. The molecular formula is C15H18N2O2. The lowest BCUT2D eigenvalue weighted by Crippen LogP contribution is -2.46. The van der Waals surface area contributed by atoms with Crippen molar-refractivity contribution in [2.75, 3.05) is 0 Å². The van der Waals surface area contributed by atoms with E-state index in [1.165, 1.54) is 5.56 Å². The first-order valence-corrected chi connectivity index (χ1v) is 6.62. The van der Waals surface area contributed by atoms with Crippen molar-refractivity contribution in [2.24, 2.45) is 0 Å². The van der Waals surface area contributed by atoms with E-state index in [1.807, 2.05) is 25.1 Å². The Morgan fingerprint density at radius 3 is 2.79 bits per heavy atom. The van der Waals surface area contributed by atoms with Crippen molar-refractivity contribution in [3.8, 4) is 0 Å². The van der Waals surface area contributed by atoms with Gasteiger partial charge in [-0.25, -0.2) is 0 Å². The highest BCUT2D eigenvalue weighted by Gasteiger charge is 2.28. The second kappa shape index (κ2) is 4.38. The molecule has 1 saturated carbocycles. The summed E-state index contributed by atoms with van der Waals surface area (Å²) in [6.07, 6.45) is 1.08. The van der Waals surface area contributed by atoms with Crippen molar-refractivity contribution in [3.63, 3.8) is 0 Å². The summed E-state index contributed by atoms with van der Waals surface area (Å²) in [5.41, 5.74) is 4.06. The zero-order valence-corrected chi connectivity index (χ0v) is 11.2. The third kappa shape index (κ3) is 2.12. The SMILES string of the molecule is Cc1[nH]c2ccc(C(=O)NC3CC(O)C3)cc2c1C. The Bertz CT molecular complexity index is 639. The molecule has 0 saturated heterocycles. The van der Waals surface area contributed by atoms with Crippen molar-refractivity contribution in [2.45, 2.75) is 38.8 Å². The maximum Gasteiger partial charge on any atom is 0.251 e. The number of nitrogens with one attached hydrogen (secondary N) is 2. The summed E-state index contributed by atoms with van der Waals surface area (Å²) in [5, 5.41) is 13.3. The molecule has 0 radical (unpaired) electrons. The van der Waals surface area contributed by atoms with E-state index in [4.69, 9.17) is 0 Å². The van der Waals surface area contributed by atoms with Crippen molar-refractivity contribution < 1.29 is 9.90 Å². The molecule has 100 valence electrons. The molecule has 0 atom stereocenters. The minimum Gasteiger partial charge on any atom is -0.393 e. The molecule has 4 heteroatoms. The number of fused-ring (bicyclic) bond motifs is 1. The van der Waals surface area contributed by atoms with E-state index in [1.54, 1.807) is 0 Å². The van der Waals surface area contributed by atoms with Crippen LogP contribution in [-0.2, 0) is 0 Å². The number of rotatable bonds is 2. The van der Waals surface area contributed by atoms with E-state index in [-0.39, 0.29) is 18.1 Å². The Morgan fingerprint density at radius 1 is 1.37 bits per heavy atom. The van der Waals surface area contributed by atoms with Gasteiger partial charge in [0.05, 0.1) is 6.10 Å². The quantitative estimate of drug-likeness (QED) is 0.771. The molecule has 4 nitrogen and oxygen atoms in total. The van der Waals surface area contributed by atoms with Crippen molar-refractivity contribution in [1.29, 1.82) is 0 Å². The van der Waals surface area contributed by atoms with Gasteiger partial charge in [-0.1, -0.05) is 0 Å². The number of aromatic nitrogens is 1. The standard InChI is InChI=1S/C15H18N2O2/c1-8-9(2)16-14-4-3-10(5-13(8)14)15(19)17-11-6-12(18)7-11/h3-5,11-12,16,18H,6-7H2,1-2H3,(H,17,19). The van der Waals surface area contributed by atoms with Gasteiger partial charge in [0.1, 0.15) is 0 Å². The molecule has 1 amide bonds. The smallest absolute Gasteiger partial charge is 0.251 e. The van der Waals surface area contributed by atoms with Gasteiger partial charge in [0.15, 0.2) is 0 Å². The molecule has 0 spiro atoms. The number of benzene rings is 1. The predicted octanol–water partition coefficient (Wildman–Crippen LogP) is 2.04. The maximum absolute atomic E-state index is 12.1. The number of aliphatic hydroxyl groups is 1. The monoisotopic (exact) mass is 258 g/mol. The molecule has 1 fully saturated rings. The van der Waals surface area contributed by atoms with E-state index in [0.717, 1.165) is 16.6 Å². The van der Waals surface area contributed by atoms with Crippen LogP contribution in [0.15, 0.2) is 18.2 Å². The zero-order valence-electron chi connectivity index (χ0n) is 11.2. The molecule has 3 N–H and O–H groups in total. The normalized spacial score (nSPS) is 22.3. The van der Waals surface area contributed by atoms with Crippen LogP contribution in [0.4, 0.5) is 0 Å². The fourth-order valence-electron chi connectivity index (χ4n) is 2.58. The van der Waals surface area contributed by atoms with Crippen molar-refractivity contribution >= 4 is 16.8 Å². The summed E-state index contributed by atoms with van der Waals surface area (Å²) in [4.78, 5) is 15.4. The highest BCUT2D eigenvalue weighted by Crippen LogP contribution is 2.23. The number of hydrogen-bond donors (Lipinski definition) is 3. The van der Waals surface area contributed by atoms with Crippen molar-refractivity contribution in [3.05, 3.63) is 35.0 Å². The molecular weight excluding hydrogens is 240 g/mol. The molecule has 19 heavy (non-hydrogen) atoms. The van der Waals surface area contributed by atoms with Crippen LogP contribution in [0.5, 0.6) is 0 Å². The third-order valence-corrected chi connectivity index (χ3v) is 4.02. The van der Waals surface area contributed by atoms with Gasteiger partial charge in [0, 0.05) is 28.2 Å². The number of aromatic amines is 1. The van der Waals surface area contributed by atoms with E-state index in [2.05, 4.69) is 17.2 Å². The molecule has 1 aromatic carbocycles. The Kier molecular flexibility index (Phi) is 2.82. The number of aryl methyl sites for hydroxylation is 2. The van der Waals surface area contributed by atoms with Gasteiger partial charge in [0.25, 0.3) is 5.91 Å². The van der Waals surface area contributed by atoms with Gasteiger partial charge in [-0.3, -0.25) is 4.79 Å². The molecule has 2 aromatic rings. The summed E-state index contributed by atoms with van der Waals surface area (Å²) in [5.74, 6) is -0.0583. The first kappa shape index (κ1) is 12.2. The van der Waals surface area contributed by atoms with Crippen LogP contribution in [0.3, 0.4) is 0 Å². The van der Waals surface area contributed by atoms with Gasteiger partial charge in [-0.2, -0.15) is 0 Å². The lowest BCUT2D eigenvalue weighted by atomic mass is 9.89. The molecule has 3 rings (SSSR count). The van der Waals surface area contributed by atoms with Crippen LogP contribution in [0, 0.1) is 13.8 Å². The predicted molar refractivity (Wildman–Crippen MR) is 74.3 cm³/mol. The Morgan fingerprint density at radius 2 is 2.11 bits per heavy atom. The number of amides is 1. The summed E-state index contributed by atoms with van der Waals surface area (Å²) < 4.78 is 0. The fourth-order valence-corrected chi connectivity index (χ4v) is 2.58. The lowest BCUT2D eigenvalue weighted by Gasteiger charge is -2.31. The van der Waals surface area contributed by atoms with Crippen molar-refractivity contribution in [1.82, 2.24) is 10.3 Å². The topological polar surface area (TPSA) is 65.1 Å². The van der Waals surface area contributed by atoms with Crippen LogP contribution in [0.2, 0.25) is 0 Å². The van der Waals surface area contributed by atoms with E-state index < -0.39 is 0 Å². The van der Waals surface area contributed by atoms with E-state index >= 15 is 0 Å². The maximum atomic E-state index is 12.1. The Labute approximate surface area is 111 Å². The largest absolute Gasteiger partial charge is 0.393 e. The van der Waals surface area contributed by atoms with Crippen LogP contribution in [0.25, 0.3) is 10.9 Å². The number of hydrogen-bond acceptors (Lipinski definition) is 2. The molecule has 0 bridgehead atoms. The molecule has 1 heterocycles. The average Bonchev–Trinajstić information content (AvgIpc) is 2.63. The molecule has 1 aliphatic carbocycles. The molecule has 0 aliphatic heterocycles. The molecule has 1 aliphatic rings. The van der Waals surface area contributed by atoms with Gasteiger partial charge >= 0.3 is 0 Å². The number of carbonyl (C=O) groups is 1. The number of carbonyl (C=O) groups excluding carboxylic acids is 1. The van der Waals surface area contributed by atoms with Crippen LogP contribution < -0.4 is 5.32 Å². The number of aliphatic hydroxyl groups excluding tert-OH is 1. The molecule has 1 aromatic heterocycles. The van der Waals surface area contributed by atoms with Crippen LogP contribution in [-0.4, -0.2) is 28.1 Å². The van der Waals surface area contributed by atoms with E-state index in [9.17, 15) is 9.90 Å². The summed E-state index contributed by atoms with van der Waals surface area (Å²) in [6.45, 7) is 4.09. The summed E-state index contributed by atoms with van der Waals surface area (Å²) in [6, 6.07) is 5.83. The first-order chi connectivity index (χ1) is 9.04. The summed E-state index contributed by atoms with van der Waals surface area (Å²) >= 11 is 0. The molecule has 0 unspecified atom stereocenters. The van der Waals surface area contributed by atoms with E-state index in [0.29, 0.717) is 18.4 Å². The number of H-pyrrole nitrogens is 1. The summed E-state index contributed by atoms with van der Waals surface area (Å²) in [7, 11) is 0. The lowest BCUT2D eigenvalue weighted by molar-refractivity contribution is 0.0563. The van der Waals surface area contributed by atoms with Gasteiger partial charge in [-0.05, 0) is 50.5 Å². The van der Waals surface area contributed by atoms with Gasteiger partial charge < -0.3 is 15.4 Å². The minimum atomic E-state index is -0.248. The Balaban J connectivity index is 1.84. The second-order valence-corrected chi connectivity index (χ2v) is 5.43. The fraction of sp³-hybridized carbons (Fsp3) is 0.400. The zero-order chi connectivity index (χ0) is 13.6. The third-order valence-electron chi connectivity index (χ3n) is 4.02. The minimum absolute atomic E-state index is 0.0583. The first-order valence-electron chi connectivity index (χ1n) is 6.62.